The summed E-state index contributed by atoms with van der Waals surface area (Å²) >= 11 is 1.02. The Morgan fingerprint density at radius 2 is 2.11 bits per heavy atom. The van der Waals surface area contributed by atoms with Gasteiger partial charge in [0.15, 0.2) is 0 Å². The van der Waals surface area contributed by atoms with Crippen molar-refractivity contribution in [2.45, 2.75) is 12.7 Å². The van der Waals surface area contributed by atoms with Crippen LogP contribution in [0.2, 0.25) is 0 Å². The van der Waals surface area contributed by atoms with Gasteiger partial charge in [0.05, 0.1) is 23.5 Å². The zero-order valence-corrected chi connectivity index (χ0v) is 10.4. The van der Waals surface area contributed by atoms with Crippen molar-refractivity contribution in [3.05, 3.63) is 44.5 Å². The van der Waals surface area contributed by atoms with Gasteiger partial charge in [-0.05, 0) is 18.2 Å². The van der Waals surface area contributed by atoms with E-state index in [1.165, 1.54) is 6.07 Å². The highest BCUT2D eigenvalue weighted by atomic mass is 32.1. The molecule has 0 spiro atoms. The van der Waals surface area contributed by atoms with Crippen molar-refractivity contribution in [3.63, 3.8) is 0 Å². The summed E-state index contributed by atoms with van der Waals surface area (Å²) in [6, 6.07) is 3.09. The second kappa shape index (κ2) is 4.96. The van der Waals surface area contributed by atoms with E-state index in [1.54, 1.807) is 5.38 Å². The Bertz CT molecular complexity index is 633. The Morgan fingerprint density at radius 3 is 2.63 bits per heavy atom. The van der Waals surface area contributed by atoms with Gasteiger partial charge in [-0.25, -0.2) is 0 Å². The molecule has 2 rings (SSSR count). The van der Waals surface area contributed by atoms with Gasteiger partial charge in [0.1, 0.15) is 0 Å². The van der Waals surface area contributed by atoms with E-state index in [9.17, 15) is 18.0 Å². The lowest BCUT2D eigenvalue weighted by Crippen LogP contribution is -2.08. The van der Waals surface area contributed by atoms with Crippen LogP contribution in [0.3, 0.4) is 0 Å². The number of rotatable bonds is 3. The van der Waals surface area contributed by atoms with Gasteiger partial charge in [0, 0.05) is 11.1 Å². The predicted molar refractivity (Wildman–Crippen MR) is 68.1 cm³/mol. The average molecular weight is 289 g/mol. The van der Waals surface area contributed by atoms with E-state index in [2.05, 4.69) is 10.3 Å². The van der Waals surface area contributed by atoms with Crippen LogP contribution in [0, 0.1) is 0 Å². The molecule has 1 aromatic heterocycles. The molecule has 0 radical (unpaired) electrons. The number of nitrogen functional groups attached to an aromatic ring is 1. The van der Waals surface area contributed by atoms with Gasteiger partial charge in [-0.15, -0.1) is 0 Å². The molecule has 1 aromatic carbocycles. The summed E-state index contributed by atoms with van der Waals surface area (Å²) in [5, 5.41) is 4.50. The number of alkyl halides is 3. The van der Waals surface area contributed by atoms with Gasteiger partial charge >= 0.3 is 11.0 Å². The Labute approximate surface area is 110 Å². The molecular formula is C11H10F3N3OS. The standard InChI is InChI=1S/C11H10F3N3OS/c12-11(13,14)6-1-2-9(8(15)3-6)16-4-7-5-19-10(18)17-7/h1-3,5,16H,4,15H2,(H,17,18). The first kappa shape index (κ1) is 13.5. The zero-order chi connectivity index (χ0) is 14.0. The maximum atomic E-state index is 12.4. The largest absolute Gasteiger partial charge is 0.416 e. The Morgan fingerprint density at radius 1 is 1.37 bits per heavy atom. The van der Waals surface area contributed by atoms with E-state index in [1.807, 2.05) is 0 Å². The van der Waals surface area contributed by atoms with Crippen LogP contribution in [0.25, 0.3) is 0 Å². The first-order valence-electron chi connectivity index (χ1n) is 5.23. The molecule has 0 atom stereocenters. The minimum Gasteiger partial charge on any atom is -0.397 e. The van der Waals surface area contributed by atoms with E-state index >= 15 is 0 Å². The Kier molecular flexibility index (Phi) is 3.52. The highest BCUT2D eigenvalue weighted by Gasteiger charge is 2.30. The summed E-state index contributed by atoms with van der Waals surface area (Å²) in [4.78, 5) is 13.3. The number of anilines is 2. The SMILES string of the molecule is Nc1cc(C(F)(F)F)ccc1NCc1csc(=O)[nH]1. The number of benzene rings is 1. The molecule has 0 fully saturated rings. The molecule has 4 nitrogen and oxygen atoms in total. The normalized spacial score (nSPS) is 11.5. The van der Waals surface area contributed by atoms with Crippen LogP contribution in [0.4, 0.5) is 24.5 Å². The third-order valence-electron chi connectivity index (χ3n) is 2.42. The summed E-state index contributed by atoms with van der Waals surface area (Å²) in [5.41, 5.74) is 5.81. The second-order valence-electron chi connectivity index (χ2n) is 3.83. The highest BCUT2D eigenvalue weighted by Crippen LogP contribution is 2.32. The molecule has 0 aliphatic carbocycles. The monoisotopic (exact) mass is 289 g/mol. The lowest BCUT2D eigenvalue weighted by atomic mass is 10.1. The molecule has 0 unspecified atom stereocenters. The smallest absolute Gasteiger partial charge is 0.397 e. The molecule has 0 saturated carbocycles. The number of H-pyrrole nitrogens is 1. The summed E-state index contributed by atoms with van der Waals surface area (Å²) in [6.45, 7) is 0.286. The molecule has 8 heteroatoms. The summed E-state index contributed by atoms with van der Waals surface area (Å²) in [6.07, 6.45) is -4.41. The minimum atomic E-state index is -4.41. The fourth-order valence-electron chi connectivity index (χ4n) is 1.49. The summed E-state index contributed by atoms with van der Waals surface area (Å²) < 4.78 is 37.3. The van der Waals surface area contributed by atoms with Crippen molar-refractivity contribution < 1.29 is 13.2 Å². The molecule has 102 valence electrons. The molecule has 0 amide bonds. The number of thiazole rings is 1. The molecule has 0 saturated heterocycles. The first-order valence-corrected chi connectivity index (χ1v) is 6.11. The lowest BCUT2D eigenvalue weighted by molar-refractivity contribution is -0.137. The molecule has 0 aliphatic rings. The Hall–Kier alpha value is -1.96. The van der Waals surface area contributed by atoms with Gasteiger partial charge < -0.3 is 16.0 Å². The van der Waals surface area contributed by atoms with Crippen LogP contribution in [0.15, 0.2) is 28.4 Å². The summed E-state index contributed by atoms with van der Waals surface area (Å²) in [7, 11) is 0. The molecule has 0 aliphatic heterocycles. The van der Waals surface area contributed by atoms with Crippen molar-refractivity contribution in [2.24, 2.45) is 0 Å². The van der Waals surface area contributed by atoms with Crippen molar-refractivity contribution in [2.75, 3.05) is 11.1 Å². The average Bonchev–Trinajstić information content (AvgIpc) is 2.72. The number of nitrogens with one attached hydrogen (secondary N) is 2. The van der Waals surface area contributed by atoms with Crippen molar-refractivity contribution in [1.82, 2.24) is 4.98 Å². The Balaban J connectivity index is 2.11. The highest BCUT2D eigenvalue weighted by molar-refractivity contribution is 7.07. The molecule has 2 aromatic rings. The van der Waals surface area contributed by atoms with E-state index in [0.29, 0.717) is 11.4 Å². The van der Waals surface area contributed by atoms with Crippen LogP contribution >= 0.6 is 11.3 Å². The number of hydrogen-bond acceptors (Lipinski definition) is 4. The third-order valence-corrected chi connectivity index (χ3v) is 3.14. The van der Waals surface area contributed by atoms with Crippen molar-refractivity contribution in [3.8, 4) is 0 Å². The summed E-state index contributed by atoms with van der Waals surface area (Å²) in [5.74, 6) is 0. The van der Waals surface area contributed by atoms with E-state index in [-0.39, 0.29) is 17.1 Å². The van der Waals surface area contributed by atoms with Crippen LogP contribution in [0.1, 0.15) is 11.3 Å². The van der Waals surface area contributed by atoms with Gasteiger partial charge in [0.25, 0.3) is 0 Å². The van der Waals surface area contributed by atoms with Crippen molar-refractivity contribution in [1.29, 1.82) is 0 Å². The molecule has 0 bridgehead atoms. The minimum absolute atomic E-state index is 0.00685. The fourth-order valence-corrected chi connectivity index (χ4v) is 2.07. The maximum absolute atomic E-state index is 12.4. The van der Waals surface area contributed by atoms with Crippen LogP contribution in [-0.4, -0.2) is 4.98 Å². The molecule has 19 heavy (non-hydrogen) atoms. The number of hydrogen-bond donors (Lipinski definition) is 3. The van der Waals surface area contributed by atoms with E-state index in [0.717, 1.165) is 23.5 Å². The van der Waals surface area contributed by atoms with Crippen LogP contribution < -0.4 is 15.9 Å². The van der Waals surface area contributed by atoms with Gasteiger partial charge in [0.2, 0.25) is 0 Å². The zero-order valence-electron chi connectivity index (χ0n) is 9.54. The topological polar surface area (TPSA) is 70.9 Å². The van der Waals surface area contributed by atoms with Crippen LogP contribution in [0.5, 0.6) is 0 Å². The van der Waals surface area contributed by atoms with E-state index in [4.69, 9.17) is 5.73 Å². The molecular weight excluding hydrogens is 279 g/mol. The first-order chi connectivity index (χ1) is 8.86. The molecule has 1 heterocycles. The lowest BCUT2D eigenvalue weighted by Gasteiger charge is -2.12. The van der Waals surface area contributed by atoms with Gasteiger partial charge in [-0.1, -0.05) is 11.3 Å². The van der Waals surface area contributed by atoms with E-state index < -0.39 is 11.7 Å². The number of nitrogens with two attached hydrogens (primary N) is 1. The quantitative estimate of drug-likeness (QED) is 0.761. The van der Waals surface area contributed by atoms with Crippen molar-refractivity contribution >= 4 is 22.7 Å². The number of halogens is 3. The fraction of sp³-hybridized carbons (Fsp3) is 0.182. The second-order valence-corrected chi connectivity index (χ2v) is 4.67. The van der Waals surface area contributed by atoms with Gasteiger partial charge in [-0.3, -0.25) is 4.79 Å². The number of aromatic nitrogens is 1. The van der Waals surface area contributed by atoms with Crippen LogP contribution in [-0.2, 0) is 12.7 Å². The van der Waals surface area contributed by atoms with Gasteiger partial charge in [-0.2, -0.15) is 13.2 Å². The number of aromatic amines is 1. The predicted octanol–water partition coefficient (Wildman–Crippen LogP) is 2.65. The third kappa shape index (κ3) is 3.28. The maximum Gasteiger partial charge on any atom is 0.416 e. The molecule has 4 N–H and O–H groups in total.